The van der Waals surface area contributed by atoms with Gasteiger partial charge in [-0.2, -0.15) is 4.99 Å². The van der Waals surface area contributed by atoms with Crippen molar-refractivity contribution in [3.63, 3.8) is 0 Å². The van der Waals surface area contributed by atoms with Gasteiger partial charge < -0.3 is 9.30 Å². The molecule has 1 amide bonds. The fourth-order valence-corrected chi connectivity index (χ4v) is 5.64. The largest absolute Gasteiger partial charge is 0.497 e. The Kier molecular flexibility index (Phi) is 7.46. The van der Waals surface area contributed by atoms with Crippen molar-refractivity contribution < 1.29 is 17.9 Å². The van der Waals surface area contributed by atoms with Gasteiger partial charge in [-0.15, -0.1) is 6.58 Å². The fourth-order valence-electron chi connectivity index (χ4n) is 3.21. The number of hydrogen-bond acceptors (Lipinski definition) is 5. The number of aryl methyl sites for hydroxylation is 1. The number of hydrogen-bond donors (Lipinski definition) is 0. The number of nitrogens with zero attached hydrogens (tertiary/aromatic N) is 2. The molecule has 2 aromatic carbocycles. The monoisotopic (exact) mass is 458 g/mol. The SMILES string of the molecule is C=CCn1c(=NC(=O)CCCS(=O)(=O)c2ccc(OC)cc2)sc2cc(CC)ccc21. The van der Waals surface area contributed by atoms with Crippen molar-refractivity contribution in [2.45, 2.75) is 37.6 Å². The first kappa shape index (κ1) is 23.0. The molecule has 0 saturated carbocycles. The summed E-state index contributed by atoms with van der Waals surface area (Å²) < 4.78 is 33.1. The van der Waals surface area contributed by atoms with Crippen molar-refractivity contribution in [2.24, 2.45) is 4.99 Å². The van der Waals surface area contributed by atoms with Crippen LogP contribution in [0.1, 0.15) is 25.3 Å². The number of fused-ring (bicyclic) bond motifs is 1. The third-order valence-electron chi connectivity index (χ3n) is 4.91. The molecule has 3 rings (SSSR count). The van der Waals surface area contributed by atoms with Crippen LogP contribution in [0.3, 0.4) is 0 Å². The van der Waals surface area contributed by atoms with E-state index in [2.05, 4.69) is 30.6 Å². The number of allylic oxidation sites excluding steroid dienone is 1. The summed E-state index contributed by atoms with van der Waals surface area (Å²) in [5.41, 5.74) is 2.23. The summed E-state index contributed by atoms with van der Waals surface area (Å²) in [4.78, 5) is 17.6. The van der Waals surface area contributed by atoms with Gasteiger partial charge in [0, 0.05) is 13.0 Å². The van der Waals surface area contributed by atoms with Crippen LogP contribution >= 0.6 is 11.3 Å². The highest BCUT2D eigenvalue weighted by atomic mass is 32.2. The molecule has 0 spiro atoms. The van der Waals surface area contributed by atoms with E-state index in [1.807, 2.05) is 10.6 Å². The number of rotatable bonds is 9. The molecule has 0 bridgehead atoms. The number of carbonyl (C=O) groups is 1. The molecule has 8 heteroatoms. The number of carbonyl (C=O) groups excluding carboxylic acids is 1. The molecule has 0 aliphatic carbocycles. The molecule has 0 N–H and O–H groups in total. The molecule has 0 fully saturated rings. The molecule has 3 aromatic rings. The van der Waals surface area contributed by atoms with Gasteiger partial charge in [-0.3, -0.25) is 4.79 Å². The lowest BCUT2D eigenvalue weighted by molar-refractivity contribution is -0.118. The fraction of sp³-hybridized carbons (Fsp3) is 0.304. The van der Waals surface area contributed by atoms with Crippen LogP contribution in [0.4, 0.5) is 0 Å². The van der Waals surface area contributed by atoms with E-state index in [0.717, 1.165) is 16.6 Å². The van der Waals surface area contributed by atoms with Gasteiger partial charge in [-0.25, -0.2) is 8.42 Å². The van der Waals surface area contributed by atoms with Gasteiger partial charge in [0.05, 0.1) is 28.0 Å². The molecule has 0 saturated heterocycles. The number of amides is 1. The van der Waals surface area contributed by atoms with Crippen LogP contribution in [-0.4, -0.2) is 31.8 Å². The van der Waals surface area contributed by atoms with E-state index in [9.17, 15) is 13.2 Å². The highest BCUT2D eigenvalue weighted by molar-refractivity contribution is 7.91. The van der Waals surface area contributed by atoms with Gasteiger partial charge in [0.15, 0.2) is 14.6 Å². The highest BCUT2D eigenvalue weighted by Gasteiger charge is 2.15. The first-order chi connectivity index (χ1) is 14.9. The summed E-state index contributed by atoms with van der Waals surface area (Å²) in [6.45, 7) is 6.44. The zero-order chi connectivity index (χ0) is 22.4. The number of thiazole rings is 1. The maximum atomic E-state index is 12.5. The Bertz CT molecular complexity index is 1250. The smallest absolute Gasteiger partial charge is 0.248 e. The van der Waals surface area contributed by atoms with Crippen LogP contribution in [-0.2, 0) is 27.6 Å². The zero-order valence-electron chi connectivity index (χ0n) is 17.7. The quantitative estimate of drug-likeness (QED) is 0.452. The van der Waals surface area contributed by atoms with Crippen LogP contribution in [0, 0.1) is 0 Å². The Morgan fingerprint density at radius 1 is 1.23 bits per heavy atom. The van der Waals surface area contributed by atoms with E-state index in [4.69, 9.17) is 4.74 Å². The molecule has 1 aromatic heterocycles. The van der Waals surface area contributed by atoms with E-state index in [0.29, 0.717) is 17.1 Å². The predicted molar refractivity (Wildman–Crippen MR) is 124 cm³/mol. The van der Waals surface area contributed by atoms with Gasteiger partial charge >= 0.3 is 0 Å². The van der Waals surface area contributed by atoms with Gasteiger partial charge in [-0.1, -0.05) is 30.4 Å². The topological polar surface area (TPSA) is 77.7 Å². The molecule has 164 valence electrons. The molecule has 1 heterocycles. The van der Waals surface area contributed by atoms with Gasteiger partial charge in [0.25, 0.3) is 0 Å². The summed E-state index contributed by atoms with van der Waals surface area (Å²) in [5.74, 6) is 0.152. The van der Waals surface area contributed by atoms with Crippen LogP contribution in [0.25, 0.3) is 10.2 Å². The minimum Gasteiger partial charge on any atom is -0.497 e. The standard InChI is InChI=1S/C23H26N2O4S2/c1-4-14-25-20-13-8-17(5-2)16-21(20)30-23(25)24-22(26)7-6-15-31(27,28)19-11-9-18(29-3)10-12-19/h4,8-13,16H,1,5-7,14-15H2,2-3H3. The molecular formula is C23H26N2O4S2. The Balaban J connectivity index is 1.74. The molecule has 0 radical (unpaired) electrons. The van der Waals surface area contributed by atoms with E-state index in [-0.39, 0.29) is 29.4 Å². The lowest BCUT2D eigenvalue weighted by atomic mass is 10.2. The van der Waals surface area contributed by atoms with E-state index >= 15 is 0 Å². The van der Waals surface area contributed by atoms with Crippen LogP contribution in [0.2, 0.25) is 0 Å². The molecule has 0 aliphatic rings. The third kappa shape index (κ3) is 5.51. The van der Waals surface area contributed by atoms with Crippen LogP contribution in [0.15, 0.2) is 65.0 Å². The number of benzene rings is 2. The van der Waals surface area contributed by atoms with Crippen molar-refractivity contribution in [3.8, 4) is 5.75 Å². The predicted octanol–water partition coefficient (Wildman–Crippen LogP) is 4.14. The van der Waals surface area contributed by atoms with Crippen molar-refractivity contribution in [1.82, 2.24) is 4.57 Å². The summed E-state index contributed by atoms with van der Waals surface area (Å²) in [6, 6.07) is 12.5. The number of methoxy groups -OCH3 is 1. The Hall–Kier alpha value is -2.71. The lowest BCUT2D eigenvalue weighted by Crippen LogP contribution is -2.16. The first-order valence-electron chi connectivity index (χ1n) is 10.1. The van der Waals surface area contributed by atoms with Gasteiger partial charge in [0.1, 0.15) is 5.75 Å². The Labute approximate surface area is 186 Å². The maximum absolute atomic E-state index is 12.5. The molecular weight excluding hydrogens is 432 g/mol. The summed E-state index contributed by atoms with van der Waals surface area (Å²) in [7, 11) is -1.94. The summed E-state index contributed by atoms with van der Waals surface area (Å²) in [5, 5.41) is 0. The minimum absolute atomic E-state index is 0.0674. The van der Waals surface area contributed by atoms with E-state index in [1.54, 1.807) is 18.2 Å². The number of ether oxygens (including phenoxy) is 1. The van der Waals surface area contributed by atoms with Gasteiger partial charge in [0.2, 0.25) is 5.91 Å². The molecule has 0 atom stereocenters. The van der Waals surface area contributed by atoms with Crippen LogP contribution in [0.5, 0.6) is 5.75 Å². The van der Waals surface area contributed by atoms with Crippen molar-refractivity contribution >= 4 is 37.3 Å². The Morgan fingerprint density at radius 2 is 1.97 bits per heavy atom. The minimum atomic E-state index is -3.46. The normalized spacial score (nSPS) is 12.3. The second-order valence-electron chi connectivity index (χ2n) is 7.04. The Morgan fingerprint density at radius 3 is 2.61 bits per heavy atom. The second kappa shape index (κ2) is 10.1. The average Bonchev–Trinajstić information content (AvgIpc) is 3.09. The second-order valence-corrected chi connectivity index (χ2v) is 10.2. The third-order valence-corrected chi connectivity index (χ3v) is 7.77. The first-order valence-corrected chi connectivity index (χ1v) is 12.5. The van der Waals surface area contributed by atoms with Crippen LogP contribution < -0.4 is 9.54 Å². The zero-order valence-corrected chi connectivity index (χ0v) is 19.3. The molecule has 0 aliphatic heterocycles. The molecule has 0 unspecified atom stereocenters. The lowest BCUT2D eigenvalue weighted by Gasteiger charge is -2.05. The van der Waals surface area contributed by atoms with E-state index in [1.165, 1.54) is 36.1 Å². The number of aromatic nitrogens is 1. The highest BCUT2D eigenvalue weighted by Crippen LogP contribution is 2.20. The molecule has 6 nitrogen and oxygen atoms in total. The number of sulfone groups is 1. The molecule has 31 heavy (non-hydrogen) atoms. The van der Waals surface area contributed by atoms with Crippen molar-refractivity contribution in [1.29, 1.82) is 0 Å². The average molecular weight is 459 g/mol. The maximum Gasteiger partial charge on any atom is 0.248 e. The van der Waals surface area contributed by atoms with Gasteiger partial charge in [-0.05, 0) is 54.8 Å². The summed E-state index contributed by atoms with van der Waals surface area (Å²) in [6.07, 6.45) is 2.98. The van der Waals surface area contributed by atoms with Crippen molar-refractivity contribution in [2.75, 3.05) is 12.9 Å². The van der Waals surface area contributed by atoms with E-state index < -0.39 is 9.84 Å². The van der Waals surface area contributed by atoms with Crippen molar-refractivity contribution in [3.05, 3.63) is 65.5 Å². The summed E-state index contributed by atoms with van der Waals surface area (Å²) >= 11 is 1.46.